The molecule has 0 amide bonds. The molecule has 1 saturated carbocycles. The molecule has 4 heteroatoms. The van der Waals surface area contributed by atoms with Gasteiger partial charge in [0.25, 0.3) is 0 Å². The molecule has 16 heavy (non-hydrogen) atoms. The molecule has 1 heterocycles. The Morgan fingerprint density at radius 1 is 1.38 bits per heavy atom. The Labute approximate surface area is 101 Å². The number of aromatic nitrogens is 2. The fourth-order valence-electron chi connectivity index (χ4n) is 2.65. The third-order valence-corrected chi connectivity index (χ3v) is 3.76. The fraction of sp³-hybridized carbons (Fsp3) is 0.667. The van der Waals surface area contributed by atoms with Gasteiger partial charge in [0.2, 0.25) is 0 Å². The molecule has 0 atom stereocenters. The predicted octanol–water partition coefficient (Wildman–Crippen LogP) is 3.56. The Bertz CT molecular complexity index is 452. The molecule has 0 spiro atoms. The molecule has 1 aliphatic rings. The lowest BCUT2D eigenvalue weighted by Crippen LogP contribution is -2.14. The fourth-order valence-corrected chi connectivity index (χ4v) is 3.04. The number of H-pyrrole nitrogens is 1. The van der Waals surface area contributed by atoms with Crippen LogP contribution in [0.1, 0.15) is 61.3 Å². The van der Waals surface area contributed by atoms with Gasteiger partial charge in [-0.2, -0.15) is 0 Å². The van der Waals surface area contributed by atoms with E-state index in [1.165, 1.54) is 32.1 Å². The van der Waals surface area contributed by atoms with Crippen LogP contribution < -0.4 is 0 Å². The quantitative estimate of drug-likeness (QED) is 0.632. The number of carbonyl (C=O) groups is 1. The summed E-state index contributed by atoms with van der Waals surface area (Å²) in [5, 5.41) is 0. The van der Waals surface area contributed by atoms with E-state index in [9.17, 15) is 4.79 Å². The first kappa shape index (κ1) is 11.6. The summed E-state index contributed by atoms with van der Waals surface area (Å²) in [6.07, 6.45) is 6.24. The van der Waals surface area contributed by atoms with Gasteiger partial charge in [0, 0.05) is 18.7 Å². The second-order valence-corrected chi connectivity index (χ2v) is 5.00. The number of nitrogens with zero attached hydrogens (tertiary/aromatic N) is 1. The van der Waals surface area contributed by atoms with E-state index in [4.69, 9.17) is 12.2 Å². The molecule has 0 aromatic carbocycles. The minimum absolute atomic E-state index is 0.0677. The van der Waals surface area contributed by atoms with Crippen molar-refractivity contribution in [2.75, 3.05) is 0 Å². The van der Waals surface area contributed by atoms with Crippen LogP contribution >= 0.6 is 12.2 Å². The van der Waals surface area contributed by atoms with Crippen LogP contribution in [0.25, 0.3) is 0 Å². The summed E-state index contributed by atoms with van der Waals surface area (Å²) in [6.45, 7) is 3.57. The summed E-state index contributed by atoms with van der Waals surface area (Å²) in [5.41, 5.74) is 1.68. The summed E-state index contributed by atoms with van der Waals surface area (Å²) in [7, 11) is 0. The maximum atomic E-state index is 11.4. The van der Waals surface area contributed by atoms with Crippen LogP contribution in [0, 0.1) is 11.7 Å². The van der Waals surface area contributed by atoms with E-state index in [1.807, 2.05) is 6.92 Å². The van der Waals surface area contributed by atoms with Gasteiger partial charge in [-0.25, -0.2) is 0 Å². The summed E-state index contributed by atoms with van der Waals surface area (Å²) < 4.78 is 2.85. The van der Waals surface area contributed by atoms with Crippen molar-refractivity contribution >= 4 is 18.0 Å². The number of imidazole rings is 1. The minimum Gasteiger partial charge on any atom is -0.328 e. The van der Waals surface area contributed by atoms with Gasteiger partial charge in [0.05, 0.1) is 0 Å². The number of hydrogen-bond donors (Lipinski definition) is 1. The van der Waals surface area contributed by atoms with Gasteiger partial charge in [0.1, 0.15) is 5.69 Å². The van der Waals surface area contributed by atoms with E-state index in [1.54, 1.807) is 6.92 Å². The number of aromatic amines is 1. The van der Waals surface area contributed by atoms with Crippen molar-refractivity contribution in [1.29, 1.82) is 0 Å². The van der Waals surface area contributed by atoms with Gasteiger partial charge < -0.3 is 9.55 Å². The first-order chi connectivity index (χ1) is 7.61. The average Bonchev–Trinajstić information content (AvgIpc) is 2.56. The zero-order valence-electron chi connectivity index (χ0n) is 9.88. The van der Waals surface area contributed by atoms with Crippen LogP contribution in [0.3, 0.4) is 0 Å². The second-order valence-electron chi connectivity index (χ2n) is 4.61. The van der Waals surface area contributed by atoms with Gasteiger partial charge in [-0.05, 0) is 32.0 Å². The molecular formula is C12H18N2OS. The summed E-state index contributed by atoms with van der Waals surface area (Å²) in [5.74, 6) is 0.0677. The molecule has 1 aromatic rings. The maximum absolute atomic E-state index is 11.4. The molecule has 1 aromatic heterocycles. The van der Waals surface area contributed by atoms with Crippen LogP contribution in [-0.2, 0) is 0 Å². The molecule has 0 radical (unpaired) electrons. The highest BCUT2D eigenvalue weighted by atomic mass is 32.1. The van der Waals surface area contributed by atoms with E-state index >= 15 is 0 Å². The van der Waals surface area contributed by atoms with Gasteiger partial charge in [0.15, 0.2) is 10.6 Å². The molecule has 2 rings (SSSR count). The first-order valence-corrected chi connectivity index (χ1v) is 6.34. The highest BCUT2D eigenvalue weighted by Gasteiger charge is 2.20. The number of ketones is 1. The molecule has 1 aliphatic carbocycles. The van der Waals surface area contributed by atoms with Gasteiger partial charge in [-0.1, -0.05) is 19.3 Å². The predicted molar refractivity (Wildman–Crippen MR) is 66.5 cm³/mol. The molecule has 0 aliphatic heterocycles. The van der Waals surface area contributed by atoms with Crippen LogP contribution in [0.5, 0.6) is 0 Å². The van der Waals surface area contributed by atoms with Crippen molar-refractivity contribution in [3.63, 3.8) is 0 Å². The van der Waals surface area contributed by atoms with Crippen LogP contribution in [-0.4, -0.2) is 15.3 Å². The van der Waals surface area contributed by atoms with Crippen molar-refractivity contribution in [1.82, 2.24) is 9.55 Å². The Kier molecular flexibility index (Phi) is 3.28. The highest BCUT2D eigenvalue weighted by molar-refractivity contribution is 7.71. The van der Waals surface area contributed by atoms with Crippen molar-refractivity contribution in [3.8, 4) is 0 Å². The molecule has 0 unspecified atom stereocenters. The molecule has 0 bridgehead atoms. The summed E-state index contributed by atoms with van der Waals surface area (Å²) >= 11 is 5.32. The van der Waals surface area contributed by atoms with Crippen molar-refractivity contribution in [3.05, 3.63) is 16.2 Å². The van der Waals surface area contributed by atoms with Gasteiger partial charge >= 0.3 is 0 Å². The van der Waals surface area contributed by atoms with Gasteiger partial charge in [-0.3, -0.25) is 4.79 Å². The van der Waals surface area contributed by atoms with Crippen LogP contribution in [0.4, 0.5) is 0 Å². The zero-order chi connectivity index (χ0) is 11.7. The van der Waals surface area contributed by atoms with Crippen molar-refractivity contribution < 1.29 is 4.79 Å². The number of carbonyl (C=O) groups excluding carboxylic acids is 1. The maximum Gasteiger partial charge on any atom is 0.178 e. The smallest absolute Gasteiger partial charge is 0.178 e. The summed E-state index contributed by atoms with van der Waals surface area (Å²) in [6, 6.07) is 0.491. The third-order valence-electron chi connectivity index (χ3n) is 3.47. The normalized spacial score (nSPS) is 17.6. The monoisotopic (exact) mass is 238 g/mol. The number of hydrogen-bond acceptors (Lipinski definition) is 2. The van der Waals surface area contributed by atoms with Gasteiger partial charge in [-0.15, -0.1) is 0 Å². The Morgan fingerprint density at radius 3 is 2.50 bits per heavy atom. The lowest BCUT2D eigenvalue weighted by atomic mass is 9.95. The minimum atomic E-state index is 0.0677. The topological polar surface area (TPSA) is 37.8 Å². The van der Waals surface area contributed by atoms with E-state index < -0.39 is 0 Å². The lowest BCUT2D eigenvalue weighted by molar-refractivity contribution is 0.101. The second kappa shape index (κ2) is 4.53. The van der Waals surface area contributed by atoms with E-state index in [2.05, 4.69) is 9.55 Å². The van der Waals surface area contributed by atoms with Crippen LogP contribution in [0.2, 0.25) is 0 Å². The number of nitrogens with one attached hydrogen (secondary N) is 1. The number of Topliss-reactive ketones (excluding diaryl/α,β-unsaturated/α-hetero) is 1. The highest BCUT2D eigenvalue weighted by Crippen LogP contribution is 2.30. The standard InChI is InChI=1S/C12H18N2OS/c1-8-11(9(2)15)13-12(16)14(8)10-6-4-3-5-7-10/h10H,3-7H2,1-2H3,(H,13,16). The largest absolute Gasteiger partial charge is 0.328 e. The van der Waals surface area contributed by atoms with Crippen LogP contribution in [0.15, 0.2) is 0 Å². The lowest BCUT2D eigenvalue weighted by Gasteiger charge is -2.24. The molecule has 3 nitrogen and oxygen atoms in total. The molecule has 1 N–H and O–H groups in total. The van der Waals surface area contributed by atoms with Crippen molar-refractivity contribution in [2.24, 2.45) is 0 Å². The Morgan fingerprint density at radius 2 is 2.00 bits per heavy atom. The Hall–Kier alpha value is -0.900. The zero-order valence-corrected chi connectivity index (χ0v) is 10.7. The summed E-state index contributed by atoms with van der Waals surface area (Å²) in [4.78, 5) is 14.5. The third kappa shape index (κ3) is 1.98. The molecular weight excluding hydrogens is 220 g/mol. The van der Waals surface area contributed by atoms with Crippen molar-refractivity contribution in [2.45, 2.75) is 52.0 Å². The molecule has 88 valence electrons. The van der Waals surface area contributed by atoms with E-state index in [-0.39, 0.29) is 5.78 Å². The molecule has 0 saturated heterocycles. The first-order valence-electron chi connectivity index (χ1n) is 5.93. The van der Waals surface area contributed by atoms with E-state index in [0.29, 0.717) is 16.5 Å². The molecule has 1 fully saturated rings. The average molecular weight is 238 g/mol. The van der Waals surface area contributed by atoms with E-state index in [0.717, 1.165) is 5.69 Å². The Balaban J connectivity index is 2.40. The SMILES string of the molecule is CC(=O)c1[nH]c(=S)n(C2CCCCC2)c1C. The number of rotatable bonds is 2.